The van der Waals surface area contributed by atoms with Gasteiger partial charge in [-0.05, 0) is 49.0 Å². The fourth-order valence-corrected chi connectivity index (χ4v) is 4.01. The molecule has 2 heterocycles. The number of amides is 2. The smallest absolute Gasteiger partial charge is 0.274 e. The Morgan fingerprint density at radius 1 is 1.32 bits per heavy atom. The minimum atomic E-state index is -0.264. The predicted molar refractivity (Wildman–Crippen MR) is 136 cm³/mol. The molecule has 1 aromatic rings. The molecule has 0 spiro atoms. The van der Waals surface area contributed by atoms with E-state index >= 15 is 0 Å². The number of carbonyl (C=O) groups is 2. The number of carbonyl (C=O) groups excluding carboxylic acids is 2. The van der Waals surface area contributed by atoms with E-state index in [1.54, 1.807) is 43.1 Å². The van der Waals surface area contributed by atoms with Crippen molar-refractivity contribution in [2.75, 3.05) is 19.4 Å². The molecule has 2 amide bonds. The molecule has 0 fully saturated rings. The number of anilines is 1. The molecule has 0 saturated carbocycles. The standard InChI is InChI=1S/C26H35N5O3/c1-18(2)16-19-10-8-11-20-25(19)29-22(27-20)17-31-15-9-12-21(26(31)34)28-23(32)13-6-5-7-14-24(33)30(3)4/h7-12,14-15,18,20,25H,5-6,13,16-17H2,1-4H3,(H,27,29)(H,28,32)/b14-7+. The third-order valence-corrected chi connectivity index (χ3v) is 5.71. The van der Waals surface area contributed by atoms with Gasteiger partial charge in [0.05, 0.1) is 18.6 Å². The minimum absolute atomic E-state index is 0.0723. The second kappa shape index (κ2) is 11.6. The van der Waals surface area contributed by atoms with Crippen LogP contribution < -0.4 is 16.2 Å². The summed E-state index contributed by atoms with van der Waals surface area (Å²) in [6, 6.07) is 3.55. The number of allylic oxidation sites excluding steroid dienone is 3. The molecule has 3 rings (SSSR count). The molecule has 0 bridgehead atoms. The van der Waals surface area contributed by atoms with E-state index in [2.05, 4.69) is 42.7 Å². The molecule has 2 N–H and O–H groups in total. The van der Waals surface area contributed by atoms with Gasteiger partial charge in [-0.25, -0.2) is 0 Å². The number of amidine groups is 1. The van der Waals surface area contributed by atoms with Crippen molar-refractivity contribution in [3.8, 4) is 0 Å². The summed E-state index contributed by atoms with van der Waals surface area (Å²) in [5, 5.41) is 6.15. The molecular weight excluding hydrogens is 430 g/mol. The van der Waals surface area contributed by atoms with Crippen LogP contribution in [0.15, 0.2) is 64.1 Å². The molecule has 182 valence electrons. The molecule has 0 aromatic carbocycles. The number of likely N-dealkylation sites (N-methyl/N-ethyl adjacent to an activating group) is 1. The SMILES string of the molecule is CC(C)CC1=CC=CC2NC(Cn3cccc(NC(=O)CCC/C=C/C(=O)N(C)C)c3=O)=NC12. The van der Waals surface area contributed by atoms with E-state index in [4.69, 9.17) is 4.99 Å². The van der Waals surface area contributed by atoms with Crippen molar-refractivity contribution in [1.82, 2.24) is 14.8 Å². The van der Waals surface area contributed by atoms with Crippen LogP contribution >= 0.6 is 0 Å². The van der Waals surface area contributed by atoms with E-state index in [1.165, 1.54) is 16.5 Å². The van der Waals surface area contributed by atoms with Gasteiger partial charge in [-0.1, -0.05) is 38.2 Å². The van der Waals surface area contributed by atoms with Gasteiger partial charge < -0.3 is 20.1 Å². The van der Waals surface area contributed by atoms with Crippen molar-refractivity contribution in [3.05, 3.63) is 64.6 Å². The summed E-state index contributed by atoms with van der Waals surface area (Å²) < 4.78 is 1.56. The molecule has 0 radical (unpaired) electrons. The quantitative estimate of drug-likeness (QED) is 0.410. The van der Waals surface area contributed by atoms with Gasteiger partial charge in [-0.15, -0.1) is 0 Å². The summed E-state index contributed by atoms with van der Waals surface area (Å²) in [6.45, 7) is 4.72. The van der Waals surface area contributed by atoms with Gasteiger partial charge in [-0.2, -0.15) is 0 Å². The van der Waals surface area contributed by atoms with Crippen LogP contribution in [0.4, 0.5) is 5.69 Å². The zero-order valence-electron chi connectivity index (χ0n) is 20.5. The Kier molecular flexibility index (Phi) is 8.62. The van der Waals surface area contributed by atoms with E-state index in [1.807, 2.05) is 0 Å². The second-order valence-corrected chi connectivity index (χ2v) is 9.35. The number of rotatable bonds is 10. The molecule has 2 unspecified atom stereocenters. The van der Waals surface area contributed by atoms with Crippen LogP contribution in [-0.2, 0) is 16.1 Å². The Bertz CT molecular complexity index is 1080. The van der Waals surface area contributed by atoms with Crippen molar-refractivity contribution in [3.63, 3.8) is 0 Å². The number of nitrogens with one attached hydrogen (secondary N) is 2. The first-order valence-corrected chi connectivity index (χ1v) is 11.8. The fraction of sp³-hybridized carbons (Fsp3) is 0.462. The summed E-state index contributed by atoms with van der Waals surface area (Å²) in [4.78, 5) is 43.1. The molecule has 34 heavy (non-hydrogen) atoms. The topological polar surface area (TPSA) is 95.8 Å². The highest BCUT2D eigenvalue weighted by Crippen LogP contribution is 2.26. The molecule has 1 aromatic heterocycles. The summed E-state index contributed by atoms with van der Waals surface area (Å²) in [5.41, 5.74) is 1.29. The van der Waals surface area contributed by atoms with E-state index in [-0.39, 0.29) is 41.6 Å². The normalized spacial score (nSPS) is 19.0. The third-order valence-electron chi connectivity index (χ3n) is 5.71. The van der Waals surface area contributed by atoms with Crippen LogP contribution in [-0.4, -0.2) is 53.3 Å². The Labute approximate surface area is 201 Å². The summed E-state index contributed by atoms with van der Waals surface area (Å²) in [7, 11) is 3.38. The lowest BCUT2D eigenvalue weighted by molar-refractivity contribution is -0.123. The number of fused-ring (bicyclic) bond motifs is 1. The molecular formula is C26H35N5O3. The summed E-state index contributed by atoms with van der Waals surface area (Å²) in [6.07, 6.45) is 13.8. The number of pyridine rings is 1. The van der Waals surface area contributed by atoms with E-state index in [0.29, 0.717) is 25.3 Å². The van der Waals surface area contributed by atoms with Gasteiger partial charge in [0, 0.05) is 26.7 Å². The Hall–Kier alpha value is -3.42. The average Bonchev–Trinajstić information content (AvgIpc) is 3.19. The number of hydrogen-bond donors (Lipinski definition) is 2. The van der Waals surface area contributed by atoms with Crippen molar-refractivity contribution in [2.24, 2.45) is 10.9 Å². The lowest BCUT2D eigenvalue weighted by Crippen LogP contribution is -2.37. The minimum Gasteiger partial charge on any atom is -0.364 e. The van der Waals surface area contributed by atoms with Crippen LogP contribution in [0.3, 0.4) is 0 Å². The Balaban J connectivity index is 1.56. The number of nitrogens with zero attached hydrogens (tertiary/aromatic N) is 3. The molecule has 0 saturated heterocycles. The molecule has 1 aliphatic carbocycles. The first-order chi connectivity index (χ1) is 16.2. The first-order valence-electron chi connectivity index (χ1n) is 11.8. The lowest BCUT2D eigenvalue weighted by atomic mass is 9.90. The predicted octanol–water partition coefficient (Wildman–Crippen LogP) is 2.88. The molecule has 1 aliphatic heterocycles. The average molecular weight is 466 g/mol. The van der Waals surface area contributed by atoms with Crippen LogP contribution in [0.5, 0.6) is 0 Å². The first kappa shape index (κ1) is 25.2. The maximum atomic E-state index is 12.9. The Morgan fingerprint density at radius 2 is 2.12 bits per heavy atom. The monoisotopic (exact) mass is 465 g/mol. The van der Waals surface area contributed by atoms with Crippen LogP contribution in [0, 0.1) is 5.92 Å². The van der Waals surface area contributed by atoms with Crippen molar-refractivity contribution in [2.45, 2.75) is 58.2 Å². The van der Waals surface area contributed by atoms with Gasteiger partial charge in [0.25, 0.3) is 5.56 Å². The molecule has 2 atom stereocenters. The van der Waals surface area contributed by atoms with Crippen LogP contribution in [0.1, 0.15) is 39.5 Å². The third kappa shape index (κ3) is 6.79. The zero-order valence-corrected chi connectivity index (χ0v) is 20.5. The highest BCUT2D eigenvalue weighted by molar-refractivity contribution is 5.90. The highest BCUT2D eigenvalue weighted by Gasteiger charge is 2.31. The number of aromatic nitrogens is 1. The summed E-state index contributed by atoms with van der Waals surface area (Å²) >= 11 is 0. The largest absolute Gasteiger partial charge is 0.364 e. The maximum absolute atomic E-state index is 12.9. The van der Waals surface area contributed by atoms with Gasteiger partial charge in [0.1, 0.15) is 11.5 Å². The summed E-state index contributed by atoms with van der Waals surface area (Å²) in [5.74, 6) is 1.01. The number of aliphatic imine (C=N–C) groups is 1. The van der Waals surface area contributed by atoms with E-state index < -0.39 is 0 Å². The van der Waals surface area contributed by atoms with Crippen molar-refractivity contribution < 1.29 is 9.59 Å². The molecule has 8 heteroatoms. The molecule has 2 aliphatic rings. The van der Waals surface area contributed by atoms with Crippen LogP contribution in [0.25, 0.3) is 0 Å². The number of hydrogen-bond acceptors (Lipinski definition) is 5. The van der Waals surface area contributed by atoms with Gasteiger partial charge in [0.15, 0.2) is 0 Å². The van der Waals surface area contributed by atoms with Crippen molar-refractivity contribution >= 4 is 23.3 Å². The Morgan fingerprint density at radius 3 is 2.85 bits per heavy atom. The fourth-order valence-electron chi connectivity index (χ4n) is 4.01. The van der Waals surface area contributed by atoms with E-state index in [0.717, 1.165) is 12.3 Å². The number of unbranched alkanes of at least 4 members (excludes halogenated alkanes) is 1. The van der Waals surface area contributed by atoms with Gasteiger partial charge >= 0.3 is 0 Å². The van der Waals surface area contributed by atoms with E-state index in [9.17, 15) is 14.4 Å². The zero-order chi connectivity index (χ0) is 24.7. The van der Waals surface area contributed by atoms with Gasteiger partial charge in [-0.3, -0.25) is 19.4 Å². The molecule has 8 nitrogen and oxygen atoms in total. The second-order valence-electron chi connectivity index (χ2n) is 9.35. The lowest BCUT2D eigenvalue weighted by Gasteiger charge is -2.22. The van der Waals surface area contributed by atoms with Crippen molar-refractivity contribution in [1.29, 1.82) is 0 Å². The maximum Gasteiger partial charge on any atom is 0.274 e. The van der Waals surface area contributed by atoms with Gasteiger partial charge in [0.2, 0.25) is 11.8 Å². The highest BCUT2D eigenvalue weighted by atomic mass is 16.2. The van der Waals surface area contributed by atoms with Crippen LogP contribution in [0.2, 0.25) is 0 Å².